The topological polar surface area (TPSA) is 26.8 Å². The maximum Gasteiger partial charge on any atom is 0.156 e. The number of ketones is 1. The zero-order valence-electron chi connectivity index (χ0n) is 15.5. The van der Waals surface area contributed by atoms with Gasteiger partial charge in [-0.25, -0.2) is 0 Å². The Balaban J connectivity index is 1.26. The van der Waals surface area contributed by atoms with Crippen LogP contribution in [0.2, 0.25) is 0 Å². The van der Waals surface area contributed by atoms with Crippen molar-refractivity contribution in [1.82, 2.24) is 4.90 Å². The molecule has 0 radical (unpaired) electrons. The molecule has 1 fully saturated rings. The number of hydrogen-bond donors (Lipinski definition) is 0. The van der Waals surface area contributed by atoms with E-state index in [1.807, 2.05) is 7.05 Å². The molecular formula is C22H27N3O. The first kappa shape index (κ1) is 17.1. The minimum Gasteiger partial charge on any atom is -0.369 e. The molecule has 0 amide bonds. The van der Waals surface area contributed by atoms with Crippen LogP contribution in [0.25, 0.3) is 0 Å². The van der Waals surface area contributed by atoms with Crippen molar-refractivity contribution in [2.24, 2.45) is 0 Å². The second-order valence-corrected chi connectivity index (χ2v) is 7.34. The van der Waals surface area contributed by atoms with E-state index in [4.69, 9.17) is 0 Å². The fourth-order valence-corrected chi connectivity index (χ4v) is 4.17. The lowest BCUT2D eigenvalue weighted by Crippen LogP contribution is -2.47. The highest BCUT2D eigenvalue weighted by molar-refractivity contribution is 5.90. The summed E-state index contributed by atoms with van der Waals surface area (Å²) in [6, 6.07) is 19.0. The Morgan fingerprint density at radius 1 is 0.962 bits per heavy atom. The van der Waals surface area contributed by atoms with Crippen molar-refractivity contribution in [3.8, 4) is 0 Å². The van der Waals surface area contributed by atoms with Crippen LogP contribution in [0.4, 0.5) is 11.4 Å². The van der Waals surface area contributed by atoms with Crippen LogP contribution in [0.3, 0.4) is 0 Å². The summed E-state index contributed by atoms with van der Waals surface area (Å²) in [5.41, 5.74) is 3.81. The third-order valence-electron chi connectivity index (χ3n) is 5.79. The van der Waals surface area contributed by atoms with E-state index >= 15 is 0 Å². The number of fused-ring (bicyclic) bond motifs is 1. The van der Waals surface area contributed by atoms with Gasteiger partial charge in [0.2, 0.25) is 0 Å². The molecular weight excluding hydrogens is 322 g/mol. The fraction of sp³-hybridized carbons (Fsp3) is 0.409. The van der Waals surface area contributed by atoms with Crippen molar-refractivity contribution in [2.75, 3.05) is 49.6 Å². The molecule has 4 nitrogen and oxygen atoms in total. The number of likely N-dealkylation sites (N-methyl/N-ethyl adjacent to an activating group) is 1. The van der Waals surface area contributed by atoms with Crippen molar-refractivity contribution in [2.45, 2.75) is 18.9 Å². The van der Waals surface area contributed by atoms with Crippen LogP contribution < -0.4 is 9.80 Å². The van der Waals surface area contributed by atoms with Crippen LogP contribution in [0.5, 0.6) is 0 Å². The molecule has 2 aromatic carbocycles. The van der Waals surface area contributed by atoms with Crippen LogP contribution >= 0.6 is 0 Å². The van der Waals surface area contributed by atoms with Crippen LogP contribution in [0, 0.1) is 0 Å². The molecule has 4 heteroatoms. The largest absolute Gasteiger partial charge is 0.369 e. The number of rotatable bonds is 5. The van der Waals surface area contributed by atoms with E-state index in [2.05, 4.69) is 69.3 Å². The quantitative estimate of drug-likeness (QED) is 0.829. The maximum atomic E-state index is 12.8. The highest BCUT2D eigenvalue weighted by Gasteiger charge is 2.31. The predicted octanol–water partition coefficient (Wildman–Crippen LogP) is 2.83. The Morgan fingerprint density at radius 2 is 1.65 bits per heavy atom. The molecule has 1 atom stereocenters. The zero-order chi connectivity index (χ0) is 17.9. The summed E-state index contributed by atoms with van der Waals surface area (Å²) in [5.74, 6) is 0.370. The molecule has 0 saturated carbocycles. The number of Topliss-reactive ketones (excluding diaryl/α,β-unsaturated/α-hetero) is 1. The molecule has 2 aliphatic rings. The van der Waals surface area contributed by atoms with Gasteiger partial charge in [0.05, 0.1) is 6.04 Å². The zero-order valence-corrected chi connectivity index (χ0v) is 15.5. The molecule has 2 aromatic rings. The number of carbonyl (C=O) groups is 1. The lowest BCUT2D eigenvalue weighted by atomic mass is 10.0. The summed E-state index contributed by atoms with van der Waals surface area (Å²) in [4.78, 5) is 19.8. The Kier molecular flexibility index (Phi) is 4.93. The normalized spacial score (nSPS) is 20.3. The summed E-state index contributed by atoms with van der Waals surface area (Å²) in [5, 5.41) is 0. The molecule has 2 aliphatic heterocycles. The number of para-hydroxylation sites is 2. The molecule has 0 bridgehead atoms. The number of hydrogen-bond acceptors (Lipinski definition) is 4. The Hall–Kier alpha value is -2.33. The van der Waals surface area contributed by atoms with Crippen LogP contribution in [0.15, 0.2) is 54.6 Å². The molecule has 0 aromatic heterocycles. The highest BCUT2D eigenvalue weighted by atomic mass is 16.1. The van der Waals surface area contributed by atoms with E-state index in [0.717, 1.165) is 39.1 Å². The van der Waals surface area contributed by atoms with Gasteiger partial charge in [0.15, 0.2) is 5.78 Å². The van der Waals surface area contributed by atoms with Crippen LogP contribution in [0.1, 0.15) is 12.0 Å². The summed E-state index contributed by atoms with van der Waals surface area (Å²) >= 11 is 0. The molecule has 0 N–H and O–H groups in total. The first-order valence-electron chi connectivity index (χ1n) is 9.58. The summed E-state index contributed by atoms with van der Waals surface area (Å²) in [6.07, 6.45) is 1.50. The third-order valence-corrected chi connectivity index (χ3v) is 5.79. The minimum atomic E-state index is 0.0120. The lowest BCUT2D eigenvalue weighted by Gasteiger charge is -2.36. The van der Waals surface area contributed by atoms with Crippen molar-refractivity contribution in [3.63, 3.8) is 0 Å². The van der Waals surface area contributed by atoms with E-state index in [1.54, 1.807) is 0 Å². The summed E-state index contributed by atoms with van der Waals surface area (Å²) in [6.45, 7) is 5.01. The highest BCUT2D eigenvalue weighted by Crippen LogP contribution is 2.31. The number of piperazine rings is 1. The molecule has 0 aliphatic carbocycles. The number of carbonyl (C=O) groups excluding carboxylic acids is 1. The van der Waals surface area contributed by atoms with Gasteiger partial charge in [-0.15, -0.1) is 0 Å². The van der Waals surface area contributed by atoms with Gasteiger partial charge in [-0.3, -0.25) is 9.69 Å². The lowest BCUT2D eigenvalue weighted by molar-refractivity contribution is -0.120. The first-order valence-corrected chi connectivity index (χ1v) is 9.58. The van der Waals surface area contributed by atoms with E-state index in [1.165, 1.54) is 16.9 Å². The molecule has 4 rings (SSSR count). The smallest absolute Gasteiger partial charge is 0.156 e. The number of nitrogens with zero attached hydrogens (tertiary/aromatic N) is 3. The van der Waals surface area contributed by atoms with Crippen molar-refractivity contribution >= 4 is 17.2 Å². The monoisotopic (exact) mass is 349 g/mol. The van der Waals surface area contributed by atoms with Crippen LogP contribution in [-0.4, -0.2) is 56.5 Å². The van der Waals surface area contributed by atoms with Gasteiger partial charge in [0, 0.05) is 64.0 Å². The maximum absolute atomic E-state index is 12.8. The van der Waals surface area contributed by atoms with Crippen molar-refractivity contribution < 1.29 is 4.79 Å². The molecule has 1 unspecified atom stereocenters. The Bertz CT molecular complexity index is 753. The van der Waals surface area contributed by atoms with Gasteiger partial charge in [-0.05, 0) is 23.8 Å². The number of benzene rings is 2. The van der Waals surface area contributed by atoms with Gasteiger partial charge >= 0.3 is 0 Å². The third kappa shape index (κ3) is 3.47. The molecule has 1 saturated heterocycles. The van der Waals surface area contributed by atoms with Gasteiger partial charge in [-0.2, -0.15) is 0 Å². The van der Waals surface area contributed by atoms with E-state index in [-0.39, 0.29) is 6.04 Å². The van der Waals surface area contributed by atoms with Crippen LogP contribution in [-0.2, 0) is 11.2 Å². The minimum absolute atomic E-state index is 0.0120. The molecule has 136 valence electrons. The van der Waals surface area contributed by atoms with Gasteiger partial charge < -0.3 is 9.80 Å². The summed E-state index contributed by atoms with van der Waals surface area (Å²) < 4.78 is 0. The van der Waals surface area contributed by atoms with Gasteiger partial charge in [-0.1, -0.05) is 36.4 Å². The Labute approximate surface area is 156 Å². The van der Waals surface area contributed by atoms with Crippen molar-refractivity contribution in [1.29, 1.82) is 0 Å². The SMILES string of the molecule is CN1c2ccccc2CC1C(=O)CCN1CCN(c2ccccc2)CC1. The van der Waals surface area contributed by atoms with Crippen molar-refractivity contribution in [3.05, 3.63) is 60.2 Å². The number of anilines is 2. The standard InChI is InChI=1S/C22H27N3O/c1-23-20-10-6-5-7-18(20)17-21(23)22(26)11-12-24-13-15-25(16-14-24)19-8-3-2-4-9-19/h2-10,21H,11-17H2,1H3. The average molecular weight is 349 g/mol. The fourth-order valence-electron chi connectivity index (χ4n) is 4.17. The molecule has 26 heavy (non-hydrogen) atoms. The molecule has 0 spiro atoms. The Morgan fingerprint density at radius 3 is 2.38 bits per heavy atom. The van der Waals surface area contributed by atoms with Gasteiger partial charge in [0.25, 0.3) is 0 Å². The van der Waals surface area contributed by atoms with E-state index < -0.39 is 0 Å². The van der Waals surface area contributed by atoms with E-state index in [0.29, 0.717) is 12.2 Å². The second-order valence-electron chi connectivity index (χ2n) is 7.34. The van der Waals surface area contributed by atoms with Gasteiger partial charge in [0.1, 0.15) is 0 Å². The average Bonchev–Trinajstić information content (AvgIpc) is 3.04. The molecule has 2 heterocycles. The second kappa shape index (κ2) is 7.50. The van der Waals surface area contributed by atoms with E-state index in [9.17, 15) is 4.79 Å². The summed E-state index contributed by atoms with van der Waals surface area (Å²) in [7, 11) is 2.05. The first-order chi connectivity index (χ1) is 12.7. The predicted molar refractivity (Wildman–Crippen MR) is 107 cm³/mol.